The third-order valence-corrected chi connectivity index (χ3v) is 2.79. The van der Waals surface area contributed by atoms with Crippen LogP contribution in [-0.2, 0) is 6.42 Å². The third-order valence-electron chi connectivity index (χ3n) is 2.66. The fourth-order valence-electron chi connectivity index (χ4n) is 1.80. The average Bonchev–Trinajstić information content (AvgIpc) is 2.29. The van der Waals surface area contributed by atoms with Crippen LogP contribution in [-0.4, -0.2) is 25.1 Å². The molecule has 0 fully saturated rings. The van der Waals surface area contributed by atoms with Crippen LogP contribution in [0, 0.1) is 6.92 Å². The summed E-state index contributed by atoms with van der Waals surface area (Å²) in [6.07, 6.45) is 0.723. The first-order valence-corrected chi connectivity index (χ1v) is 5.87. The summed E-state index contributed by atoms with van der Waals surface area (Å²) in [6, 6.07) is 3.93. The lowest BCUT2D eigenvalue weighted by molar-refractivity contribution is 0.171. The molecule has 0 aliphatic carbocycles. The molecule has 1 aliphatic heterocycles. The summed E-state index contributed by atoms with van der Waals surface area (Å²) in [5.41, 5.74) is 2.25. The van der Waals surface area contributed by atoms with E-state index in [1.54, 1.807) is 0 Å². The summed E-state index contributed by atoms with van der Waals surface area (Å²) in [5.74, 6) is 1.56. The number of rotatable bonds is 3. The molecule has 0 saturated carbocycles. The number of halogens is 1. The molecule has 1 heterocycles. The van der Waals surface area contributed by atoms with Gasteiger partial charge in [-0.15, -0.1) is 0 Å². The minimum Gasteiger partial charge on any atom is -0.486 e. The summed E-state index contributed by atoms with van der Waals surface area (Å²) >= 11 is 5.20. The van der Waals surface area contributed by atoms with E-state index in [1.165, 1.54) is 0 Å². The van der Waals surface area contributed by atoms with Crippen molar-refractivity contribution in [3.8, 4) is 11.5 Å². The SMILES string of the molecule is Cc1cc2c(cc1CCNC(=O)Cl)OCCO2. The highest BCUT2D eigenvalue weighted by atomic mass is 35.5. The van der Waals surface area contributed by atoms with Gasteiger partial charge in [-0.1, -0.05) is 0 Å². The van der Waals surface area contributed by atoms with E-state index in [-0.39, 0.29) is 0 Å². The second kappa shape index (κ2) is 5.27. The van der Waals surface area contributed by atoms with Crippen LogP contribution in [0.15, 0.2) is 12.1 Å². The van der Waals surface area contributed by atoms with Gasteiger partial charge in [-0.3, -0.25) is 4.79 Å². The molecule has 1 amide bonds. The summed E-state index contributed by atoms with van der Waals surface area (Å²) in [7, 11) is 0. The van der Waals surface area contributed by atoms with Gasteiger partial charge in [0.05, 0.1) is 0 Å². The van der Waals surface area contributed by atoms with Crippen molar-refractivity contribution in [3.63, 3.8) is 0 Å². The summed E-state index contributed by atoms with van der Waals surface area (Å²) in [6.45, 7) is 3.70. The van der Waals surface area contributed by atoms with Crippen LogP contribution >= 0.6 is 11.6 Å². The van der Waals surface area contributed by atoms with Crippen molar-refractivity contribution in [1.29, 1.82) is 0 Å². The number of aryl methyl sites for hydroxylation is 1. The maximum absolute atomic E-state index is 10.6. The Morgan fingerprint density at radius 1 is 1.35 bits per heavy atom. The van der Waals surface area contributed by atoms with Gasteiger partial charge >= 0.3 is 5.37 Å². The van der Waals surface area contributed by atoms with E-state index >= 15 is 0 Å². The van der Waals surface area contributed by atoms with E-state index in [4.69, 9.17) is 21.1 Å². The molecule has 0 aromatic heterocycles. The number of fused-ring (bicyclic) bond motifs is 1. The first kappa shape index (κ1) is 12.0. The molecule has 0 saturated heterocycles. The molecule has 92 valence electrons. The van der Waals surface area contributed by atoms with Gasteiger partial charge in [0, 0.05) is 6.54 Å². The zero-order valence-corrected chi connectivity index (χ0v) is 10.3. The number of ether oxygens (including phenoxy) is 2. The van der Waals surface area contributed by atoms with E-state index in [0.717, 1.165) is 29.0 Å². The Morgan fingerprint density at radius 3 is 2.65 bits per heavy atom. The lowest BCUT2D eigenvalue weighted by atomic mass is 10.0. The molecule has 1 aromatic rings. The molecule has 0 bridgehead atoms. The van der Waals surface area contributed by atoms with Crippen LogP contribution in [0.25, 0.3) is 0 Å². The number of nitrogens with one attached hydrogen (secondary N) is 1. The topological polar surface area (TPSA) is 47.6 Å². The lowest BCUT2D eigenvalue weighted by Gasteiger charge is -2.20. The van der Waals surface area contributed by atoms with Crippen LogP contribution < -0.4 is 14.8 Å². The van der Waals surface area contributed by atoms with Crippen molar-refractivity contribution < 1.29 is 14.3 Å². The first-order chi connectivity index (χ1) is 8.16. The van der Waals surface area contributed by atoms with E-state index < -0.39 is 5.37 Å². The second-order valence-corrected chi connectivity index (χ2v) is 4.22. The molecule has 0 unspecified atom stereocenters. The maximum atomic E-state index is 10.6. The van der Waals surface area contributed by atoms with Crippen LogP contribution in [0.1, 0.15) is 11.1 Å². The number of hydrogen-bond acceptors (Lipinski definition) is 3. The molecule has 17 heavy (non-hydrogen) atoms. The highest BCUT2D eigenvalue weighted by Gasteiger charge is 2.13. The average molecular weight is 256 g/mol. The van der Waals surface area contributed by atoms with Crippen molar-refractivity contribution in [3.05, 3.63) is 23.3 Å². The van der Waals surface area contributed by atoms with Gasteiger partial charge < -0.3 is 14.8 Å². The summed E-state index contributed by atoms with van der Waals surface area (Å²) < 4.78 is 11.0. The van der Waals surface area contributed by atoms with Crippen molar-refractivity contribution in [2.75, 3.05) is 19.8 Å². The molecule has 2 rings (SSSR count). The molecule has 0 radical (unpaired) electrons. The number of hydrogen-bond donors (Lipinski definition) is 1. The standard InChI is InChI=1S/C12H14ClNO3/c1-8-6-10-11(17-5-4-16-10)7-9(8)2-3-14-12(13)15/h6-7H,2-5H2,1H3,(H,14,15). The number of carbonyl (C=O) groups is 1. The Kier molecular flexibility index (Phi) is 3.74. The van der Waals surface area contributed by atoms with Gasteiger partial charge in [-0.25, -0.2) is 0 Å². The number of amides is 1. The second-order valence-electron chi connectivity index (χ2n) is 3.87. The highest BCUT2D eigenvalue weighted by molar-refractivity contribution is 6.62. The quantitative estimate of drug-likeness (QED) is 0.666. The highest BCUT2D eigenvalue weighted by Crippen LogP contribution is 2.33. The predicted octanol–water partition coefficient (Wildman–Crippen LogP) is 2.26. The van der Waals surface area contributed by atoms with E-state index in [2.05, 4.69) is 5.32 Å². The monoisotopic (exact) mass is 255 g/mol. The molecule has 4 nitrogen and oxygen atoms in total. The Labute approximate surface area is 105 Å². The molecular weight excluding hydrogens is 242 g/mol. The fraction of sp³-hybridized carbons (Fsp3) is 0.417. The molecule has 1 N–H and O–H groups in total. The third kappa shape index (κ3) is 3.03. The fourth-order valence-corrected chi connectivity index (χ4v) is 1.89. The van der Waals surface area contributed by atoms with Crippen molar-refractivity contribution in [2.24, 2.45) is 0 Å². The summed E-state index contributed by atoms with van der Waals surface area (Å²) in [4.78, 5) is 10.6. The van der Waals surface area contributed by atoms with E-state index in [0.29, 0.717) is 19.8 Å². The van der Waals surface area contributed by atoms with Gasteiger partial charge in [0.15, 0.2) is 11.5 Å². The van der Waals surface area contributed by atoms with Crippen LogP contribution in [0.2, 0.25) is 0 Å². The zero-order chi connectivity index (χ0) is 12.3. The Bertz CT molecular complexity index is 434. The van der Waals surface area contributed by atoms with Crippen LogP contribution in [0.3, 0.4) is 0 Å². The normalized spacial score (nSPS) is 13.3. The van der Waals surface area contributed by atoms with Crippen molar-refractivity contribution >= 4 is 17.0 Å². The van der Waals surface area contributed by atoms with E-state index in [9.17, 15) is 4.79 Å². The van der Waals surface area contributed by atoms with Crippen molar-refractivity contribution in [1.82, 2.24) is 5.32 Å². The zero-order valence-electron chi connectivity index (χ0n) is 9.59. The Morgan fingerprint density at radius 2 is 2.00 bits per heavy atom. The largest absolute Gasteiger partial charge is 0.486 e. The maximum Gasteiger partial charge on any atom is 0.313 e. The van der Waals surface area contributed by atoms with Gasteiger partial charge in [0.1, 0.15) is 13.2 Å². The summed E-state index contributed by atoms with van der Waals surface area (Å²) in [5, 5.41) is 2.03. The number of benzene rings is 1. The smallest absolute Gasteiger partial charge is 0.313 e. The minimum atomic E-state index is -0.528. The van der Waals surface area contributed by atoms with E-state index in [1.807, 2.05) is 19.1 Å². The van der Waals surface area contributed by atoms with Gasteiger partial charge in [-0.05, 0) is 48.2 Å². The molecular formula is C12H14ClNO3. The minimum absolute atomic E-state index is 0.517. The van der Waals surface area contributed by atoms with Gasteiger partial charge in [0.2, 0.25) is 0 Å². The van der Waals surface area contributed by atoms with Crippen molar-refractivity contribution in [2.45, 2.75) is 13.3 Å². The Balaban J connectivity index is 2.09. The van der Waals surface area contributed by atoms with Crippen LogP contribution in [0.5, 0.6) is 11.5 Å². The van der Waals surface area contributed by atoms with Crippen LogP contribution in [0.4, 0.5) is 4.79 Å². The molecule has 5 heteroatoms. The molecule has 1 aromatic carbocycles. The first-order valence-electron chi connectivity index (χ1n) is 5.49. The molecule has 0 spiro atoms. The van der Waals surface area contributed by atoms with Gasteiger partial charge in [0.25, 0.3) is 0 Å². The predicted molar refractivity (Wildman–Crippen MR) is 65.1 cm³/mol. The molecule has 0 atom stereocenters. The Hall–Kier alpha value is -1.42. The van der Waals surface area contributed by atoms with Gasteiger partial charge in [-0.2, -0.15) is 0 Å². The molecule has 1 aliphatic rings. The number of carbonyl (C=O) groups excluding carboxylic acids is 1. The lowest BCUT2D eigenvalue weighted by Crippen LogP contribution is -2.20.